The summed E-state index contributed by atoms with van der Waals surface area (Å²) in [5.74, 6) is -0.685. The zero-order valence-corrected chi connectivity index (χ0v) is 39.2. The van der Waals surface area contributed by atoms with Crippen molar-refractivity contribution in [3.8, 4) is 0 Å². The van der Waals surface area contributed by atoms with Crippen LogP contribution < -0.4 is 16.4 Å². The Bertz CT molecular complexity index is 2530. The third-order valence-corrected chi connectivity index (χ3v) is 14.2. The summed E-state index contributed by atoms with van der Waals surface area (Å²) in [6, 6.07) is 20.6. The van der Waals surface area contributed by atoms with Crippen molar-refractivity contribution < 1.29 is 28.0 Å². The predicted octanol–water partition coefficient (Wildman–Crippen LogP) is 7.90. The number of nitrogens with two attached hydrogens (primary N) is 1. The van der Waals surface area contributed by atoms with Gasteiger partial charge in [-0.2, -0.15) is 0 Å². The van der Waals surface area contributed by atoms with E-state index in [1.807, 2.05) is 60.0 Å². The van der Waals surface area contributed by atoms with Crippen LogP contribution in [-0.4, -0.2) is 118 Å². The zero-order valence-electron chi connectivity index (χ0n) is 37.7. The second kappa shape index (κ2) is 21.0. The number of nitrogen functional groups attached to an aromatic ring is 1. The fourth-order valence-corrected chi connectivity index (χ4v) is 10.3. The Morgan fingerprint density at radius 3 is 1.63 bits per heavy atom. The molecule has 352 valence electrons. The molecular weight excluding hydrogens is 898 g/mol. The van der Waals surface area contributed by atoms with Gasteiger partial charge in [-0.3, -0.25) is 24.2 Å². The van der Waals surface area contributed by atoms with Gasteiger partial charge in [-0.15, -0.1) is 0 Å². The number of anilines is 2. The van der Waals surface area contributed by atoms with E-state index in [-0.39, 0.29) is 60.1 Å². The summed E-state index contributed by atoms with van der Waals surface area (Å²) in [5.41, 5.74) is 12.5. The van der Waals surface area contributed by atoms with Crippen LogP contribution in [0.3, 0.4) is 0 Å². The Kier molecular flexibility index (Phi) is 15.0. The highest BCUT2D eigenvalue weighted by Gasteiger charge is 2.43. The van der Waals surface area contributed by atoms with E-state index in [1.54, 1.807) is 36.4 Å². The standard InChI is InChI=1S/C28H31ClFN5O3.C23H25ClFN3O/c1-18-12-20(25(13-24(18)29)32-28(38)34-11-10-31-26(36)17-34)4-9-27(37)35-22-7-8-23(35)16-33(15-22)14-19-2-5-21(30)6-3-19;1-15-10-17(22(26)11-21(15)24)4-9-23(29)28-19-7-8-20(28)14-27(13-19)12-16-2-5-18(25)6-3-16/h2-6,9,12-13,22-23H,7-8,10-11,14-17H2,1H3,(H,31,36)(H,32,38);2-6,9-11,19-20H,7-8,12-14,26H2,1H3/b2*9-4+. The Morgan fingerprint density at radius 1 is 0.701 bits per heavy atom. The lowest BCUT2D eigenvalue weighted by Gasteiger charge is -2.40. The molecule has 0 spiro atoms. The van der Waals surface area contributed by atoms with Crippen LogP contribution in [0.1, 0.15) is 59.1 Å². The molecule has 0 aliphatic carbocycles. The van der Waals surface area contributed by atoms with Crippen LogP contribution in [0, 0.1) is 25.5 Å². The number of piperazine rings is 3. The van der Waals surface area contributed by atoms with Gasteiger partial charge in [0, 0.05) is 104 Å². The van der Waals surface area contributed by atoms with E-state index < -0.39 is 6.03 Å². The molecule has 5 amide bonds. The van der Waals surface area contributed by atoms with Crippen LogP contribution in [0.25, 0.3) is 12.2 Å². The molecule has 5 fully saturated rings. The molecule has 4 bridgehead atoms. The smallest absolute Gasteiger partial charge is 0.322 e. The van der Waals surface area contributed by atoms with E-state index in [4.69, 9.17) is 28.9 Å². The van der Waals surface area contributed by atoms with Gasteiger partial charge in [0.2, 0.25) is 17.7 Å². The molecule has 4 unspecified atom stereocenters. The summed E-state index contributed by atoms with van der Waals surface area (Å²) in [4.78, 5) is 60.8. The van der Waals surface area contributed by atoms with E-state index in [0.29, 0.717) is 40.1 Å². The molecule has 4 aromatic carbocycles. The van der Waals surface area contributed by atoms with Gasteiger partial charge < -0.3 is 31.1 Å². The third-order valence-electron chi connectivity index (χ3n) is 13.3. The number of likely N-dealkylation sites (tertiary alicyclic amines) is 2. The predicted molar refractivity (Wildman–Crippen MR) is 259 cm³/mol. The van der Waals surface area contributed by atoms with Crippen molar-refractivity contribution in [1.82, 2.24) is 29.8 Å². The normalized spacial score (nSPS) is 21.7. The number of amides is 5. The van der Waals surface area contributed by atoms with Crippen LogP contribution in [-0.2, 0) is 27.5 Å². The minimum absolute atomic E-state index is 0.00893. The number of hydrogen-bond acceptors (Lipinski definition) is 7. The SMILES string of the molecule is Cc1cc(/C=C/C(=O)N2C3CCC2CN(Cc2ccc(F)cc2)C3)c(N)cc1Cl.Cc1cc(/C=C/C(=O)N2C3CCC2CN(Cc2ccc(F)cc2)C3)c(NC(=O)N2CCNC(=O)C2)cc1Cl. The highest BCUT2D eigenvalue weighted by atomic mass is 35.5. The first kappa shape index (κ1) is 47.7. The number of carbonyl (C=O) groups excluding carboxylic acids is 4. The third kappa shape index (κ3) is 11.7. The fourth-order valence-electron chi connectivity index (χ4n) is 9.97. The molecule has 9 rings (SSSR count). The molecule has 12 nitrogen and oxygen atoms in total. The Labute approximate surface area is 400 Å². The van der Waals surface area contributed by atoms with Crippen LogP contribution in [0.2, 0.25) is 10.0 Å². The molecule has 5 saturated heterocycles. The average Bonchev–Trinajstić information content (AvgIpc) is 3.74. The number of urea groups is 1. The van der Waals surface area contributed by atoms with Gasteiger partial charge in [0.05, 0.1) is 5.69 Å². The topological polar surface area (TPSA) is 135 Å². The minimum Gasteiger partial charge on any atom is -0.398 e. The number of benzene rings is 4. The quantitative estimate of drug-likeness (QED) is 0.115. The lowest BCUT2D eigenvalue weighted by atomic mass is 10.1. The van der Waals surface area contributed by atoms with Crippen LogP contribution in [0.4, 0.5) is 25.0 Å². The molecule has 4 aromatic rings. The lowest BCUT2D eigenvalue weighted by molar-refractivity contribution is -0.132. The molecule has 4 atom stereocenters. The molecule has 5 heterocycles. The molecule has 5 aliphatic rings. The van der Waals surface area contributed by atoms with Crippen LogP contribution >= 0.6 is 23.2 Å². The maximum atomic E-state index is 13.3. The van der Waals surface area contributed by atoms with Crippen molar-refractivity contribution >= 4 is 70.5 Å². The largest absolute Gasteiger partial charge is 0.398 e. The average molecular weight is 954 g/mol. The number of aryl methyl sites for hydroxylation is 2. The molecule has 0 saturated carbocycles. The second-order valence-corrected chi connectivity index (χ2v) is 19.0. The number of carbonyl (C=O) groups is 4. The summed E-state index contributed by atoms with van der Waals surface area (Å²) in [6.45, 7) is 9.35. The Morgan fingerprint density at radius 2 is 1.15 bits per heavy atom. The van der Waals surface area contributed by atoms with E-state index in [2.05, 4.69) is 20.4 Å². The van der Waals surface area contributed by atoms with E-state index in [1.165, 1.54) is 29.2 Å². The monoisotopic (exact) mass is 952 g/mol. The van der Waals surface area contributed by atoms with Gasteiger partial charge in [-0.05, 0) is 134 Å². The van der Waals surface area contributed by atoms with Crippen molar-refractivity contribution in [2.75, 3.05) is 56.9 Å². The maximum absolute atomic E-state index is 13.3. The molecule has 0 radical (unpaired) electrons. The van der Waals surface area contributed by atoms with E-state index >= 15 is 0 Å². The number of nitrogens with zero attached hydrogens (tertiary/aromatic N) is 5. The minimum atomic E-state index is -0.393. The van der Waals surface area contributed by atoms with Crippen molar-refractivity contribution in [2.45, 2.75) is 76.8 Å². The zero-order chi connectivity index (χ0) is 47.4. The highest BCUT2D eigenvalue weighted by molar-refractivity contribution is 6.32. The summed E-state index contributed by atoms with van der Waals surface area (Å²) in [6.07, 6.45) is 10.6. The summed E-state index contributed by atoms with van der Waals surface area (Å²) in [7, 11) is 0. The van der Waals surface area contributed by atoms with E-state index in [9.17, 15) is 28.0 Å². The lowest BCUT2D eigenvalue weighted by Crippen LogP contribution is -2.55. The number of hydrogen-bond donors (Lipinski definition) is 3. The van der Waals surface area contributed by atoms with Gasteiger partial charge in [0.15, 0.2) is 0 Å². The second-order valence-electron chi connectivity index (χ2n) is 18.2. The van der Waals surface area contributed by atoms with Gasteiger partial charge >= 0.3 is 6.03 Å². The van der Waals surface area contributed by atoms with Gasteiger partial charge in [-0.25, -0.2) is 13.6 Å². The van der Waals surface area contributed by atoms with Crippen molar-refractivity contribution in [1.29, 1.82) is 0 Å². The van der Waals surface area contributed by atoms with Gasteiger partial charge in [0.1, 0.15) is 18.2 Å². The van der Waals surface area contributed by atoms with Gasteiger partial charge in [0.25, 0.3) is 0 Å². The van der Waals surface area contributed by atoms with Crippen LogP contribution in [0.5, 0.6) is 0 Å². The molecule has 0 aromatic heterocycles. The fraction of sp³-hybridized carbons (Fsp3) is 0.373. The van der Waals surface area contributed by atoms with Crippen molar-refractivity contribution in [2.24, 2.45) is 0 Å². The number of halogens is 4. The van der Waals surface area contributed by atoms with Crippen molar-refractivity contribution in [3.05, 3.63) is 140 Å². The molecule has 67 heavy (non-hydrogen) atoms. The molecule has 16 heteroatoms. The van der Waals surface area contributed by atoms with Crippen LogP contribution in [0.15, 0.2) is 84.9 Å². The molecule has 4 N–H and O–H groups in total. The summed E-state index contributed by atoms with van der Waals surface area (Å²) in [5, 5.41) is 6.67. The molecule has 5 aliphatic heterocycles. The Balaban J connectivity index is 0.000000188. The molecular formula is C51H56Cl2F2N8O4. The Hall–Kier alpha value is -5.80. The first-order chi connectivity index (χ1) is 32.2. The summed E-state index contributed by atoms with van der Waals surface area (Å²) < 4.78 is 26.4. The number of fused-ring (bicyclic) bond motifs is 4. The first-order valence-electron chi connectivity index (χ1n) is 22.8. The first-order valence-corrected chi connectivity index (χ1v) is 23.6. The number of rotatable bonds is 9. The highest BCUT2D eigenvalue weighted by Crippen LogP contribution is 2.34. The van der Waals surface area contributed by atoms with Gasteiger partial charge in [-0.1, -0.05) is 47.5 Å². The van der Waals surface area contributed by atoms with Crippen molar-refractivity contribution in [3.63, 3.8) is 0 Å². The number of nitrogens with one attached hydrogen (secondary N) is 2. The maximum Gasteiger partial charge on any atom is 0.322 e. The van der Waals surface area contributed by atoms with E-state index in [0.717, 1.165) is 92.8 Å². The summed E-state index contributed by atoms with van der Waals surface area (Å²) >= 11 is 12.4.